The first-order valence-electron chi connectivity index (χ1n) is 6.20. The molecule has 0 aliphatic carbocycles. The second-order valence-corrected chi connectivity index (χ2v) is 4.83. The Bertz CT molecular complexity index is 586. The smallest absolute Gasteiger partial charge is 0.231 e. The Labute approximate surface area is 106 Å². The summed E-state index contributed by atoms with van der Waals surface area (Å²) in [6.45, 7) is 5.37. The minimum atomic E-state index is 0.294. The van der Waals surface area contributed by atoms with Gasteiger partial charge in [0.25, 0.3) is 0 Å². The van der Waals surface area contributed by atoms with Crippen molar-refractivity contribution in [3.63, 3.8) is 0 Å². The highest BCUT2D eigenvalue weighted by molar-refractivity contribution is 5.86. The van der Waals surface area contributed by atoms with Crippen LogP contribution in [0.15, 0.2) is 16.5 Å². The lowest BCUT2D eigenvalue weighted by Crippen LogP contribution is -2.06. The van der Waals surface area contributed by atoms with Crippen molar-refractivity contribution in [2.45, 2.75) is 26.3 Å². The van der Waals surface area contributed by atoms with Crippen LogP contribution in [0, 0.1) is 0 Å². The van der Waals surface area contributed by atoms with Crippen LogP contribution in [0.25, 0.3) is 11.0 Å². The molecule has 0 unspecified atom stereocenters. The summed E-state index contributed by atoms with van der Waals surface area (Å²) in [4.78, 5) is 0. The van der Waals surface area contributed by atoms with Gasteiger partial charge in [-0.2, -0.15) is 0 Å². The SMILES string of the molecule is CNCc1oc2cc3c(cc2c1C(C)C)OCO3. The molecule has 1 aliphatic heterocycles. The predicted octanol–water partition coefficient (Wildman–Crippen LogP) is 3.00. The van der Waals surface area contributed by atoms with E-state index in [1.54, 1.807) is 0 Å². The van der Waals surface area contributed by atoms with Crippen molar-refractivity contribution in [2.75, 3.05) is 13.8 Å². The Morgan fingerprint density at radius 2 is 1.94 bits per heavy atom. The van der Waals surface area contributed by atoms with Gasteiger partial charge < -0.3 is 19.2 Å². The van der Waals surface area contributed by atoms with Crippen LogP contribution in [-0.4, -0.2) is 13.8 Å². The Balaban J connectivity index is 2.22. The first-order chi connectivity index (χ1) is 8.70. The number of hydrogen-bond donors (Lipinski definition) is 1. The van der Waals surface area contributed by atoms with Crippen molar-refractivity contribution in [1.29, 1.82) is 0 Å². The molecular weight excluding hydrogens is 230 g/mol. The molecule has 4 nitrogen and oxygen atoms in total. The van der Waals surface area contributed by atoms with E-state index in [0.717, 1.165) is 34.8 Å². The molecule has 0 saturated carbocycles. The normalized spacial score (nSPS) is 13.8. The van der Waals surface area contributed by atoms with E-state index in [4.69, 9.17) is 13.9 Å². The van der Waals surface area contributed by atoms with Gasteiger partial charge in [0.1, 0.15) is 11.3 Å². The fourth-order valence-electron chi connectivity index (χ4n) is 2.48. The summed E-state index contributed by atoms with van der Waals surface area (Å²) >= 11 is 0. The van der Waals surface area contributed by atoms with E-state index < -0.39 is 0 Å². The number of hydrogen-bond acceptors (Lipinski definition) is 4. The molecule has 0 bridgehead atoms. The van der Waals surface area contributed by atoms with E-state index in [1.165, 1.54) is 5.56 Å². The van der Waals surface area contributed by atoms with Gasteiger partial charge in [0, 0.05) is 17.0 Å². The highest BCUT2D eigenvalue weighted by atomic mass is 16.7. The Hall–Kier alpha value is -1.68. The van der Waals surface area contributed by atoms with Crippen LogP contribution < -0.4 is 14.8 Å². The fourth-order valence-corrected chi connectivity index (χ4v) is 2.48. The van der Waals surface area contributed by atoms with Crippen LogP contribution in [0.4, 0.5) is 0 Å². The van der Waals surface area contributed by atoms with Gasteiger partial charge in [-0.25, -0.2) is 0 Å². The average Bonchev–Trinajstić information content (AvgIpc) is 2.88. The Morgan fingerprint density at radius 1 is 1.22 bits per heavy atom. The molecule has 1 aliphatic rings. The minimum Gasteiger partial charge on any atom is -0.459 e. The fraction of sp³-hybridized carbons (Fsp3) is 0.429. The van der Waals surface area contributed by atoms with Gasteiger partial charge in [-0.05, 0) is 19.0 Å². The van der Waals surface area contributed by atoms with Gasteiger partial charge in [0.05, 0.1) is 6.54 Å². The molecule has 0 atom stereocenters. The molecule has 2 heterocycles. The van der Waals surface area contributed by atoms with Crippen LogP contribution in [0.2, 0.25) is 0 Å². The number of nitrogens with one attached hydrogen (secondary N) is 1. The molecule has 1 aromatic heterocycles. The van der Waals surface area contributed by atoms with E-state index in [0.29, 0.717) is 12.7 Å². The summed E-state index contributed by atoms with van der Waals surface area (Å²) in [6.07, 6.45) is 0. The molecule has 3 rings (SSSR count). The molecule has 0 amide bonds. The number of benzene rings is 1. The molecule has 0 fully saturated rings. The van der Waals surface area contributed by atoms with Crippen molar-refractivity contribution in [1.82, 2.24) is 5.32 Å². The van der Waals surface area contributed by atoms with E-state index in [9.17, 15) is 0 Å². The molecule has 0 saturated heterocycles. The molecule has 18 heavy (non-hydrogen) atoms. The zero-order valence-corrected chi connectivity index (χ0v) is 10.9. The van der Waals surface area contributed by atoms with E-state index in [1.807, 2.05) is 19.2 Å². The highest BCUT2D eigenvalue weighted by Crippen LogP contribution is 2.41. The third-order valence-electron chi connectivity index (χ3n) is 3.21. The zero-order valence-electron chi connectivity index (χ0n) is 10.9. The van der Waals surface area contributed by atoms with Crippen molar-refractivity contribution < 1.29 is 13.9 Å². The van der Waals surface area contributed by atoms with Gasteiger partial charge >= 0.3 is 0 Å². The number of ether oxygens (including phenoxy) is 2. The Morgan fingerprint density at radius 3 is 2.61 bits per heavy atom. The number of fused-ring (bicyclic) bond motifs is 2. The molecule has 96 valence electrons. The van der Waals surface area contributed by atoms with Crippen molar-refractivity contribution in [2.24, 2.45) is 0 Å². The topological polar surface area (TPSA) is 43.6 Å². The van der Waals surface area contributed by atoms with E-state index in [-0.39, 0.29) is 0 Å². The molecule has 0 radical (unpaired) electrons. The summed E-state index contributed by atoms with van der Waals surface area (Å²) in [5.74, 6) is 2.98. The van der Waals surface area contributed by atoms with E-state index >= 15 is 0 Å². The lowest BCUT2D eigenvalue weighted by Gasteiger charge is -2.06. The predicted molar refractivity (Wildman–Crippen MR) is 69.2 cm³/mol. The summed E-state index contributed by atoms with van der Waals surface area (Å²) in [5, 5.41) is 4.27. The summed E-state index contributed by atoms with van der Waals surface area (Å²) in [5.41, 5.74) is 2.12. The van der Waals surface area contributed by atoms with Gasteiger partial charge in [-0.1, -0.05) is 13.8 Å². The van der Waals surface area contributed by atoms with Gasteiger partial charge in [-0.3, -0.25) is 0 Å². The maximum Gasteiger partial charge on any atom is 0.231 e. The summed E-state index contributed by atoms with van der Waals surface area (Å²) in [6, 6.07) is 3.94. The van der Waals surface area contributed by atoms with Crippen LogP contribution >= 0.6 is 0 Å². The number of furan rings is 1. The monoisotopic (exact) mass is 247 g/mol. The van der Waals surface area contributed by atoms with Gasteiger partial charge in [0.2, 0.25) is 6.79 Å². The molecule has 2 aromatic rings. The largest absolute Gasteiger partial charge is 0.459 e. The second-order valence-electron chi connectivity index (χ2n) is 4.83. The molecule has 1 N–H and O–H groups in total. The first-order valence-corrected chi connectivity index (χ1v) is 6.20. The Kier molecular flexibility index (Phi) is 2.67. The van der Waals surface area contributed by atoms with Crippen LogP contribution in [0.1, 0.15) is 31.1 Å². The quantitative estimate of drug-likeness (QED) is 0.905. The van der Waals surface area contributed by atoms with Gasteiger partial charge in [0.15, 0.2) is 11.5 Å². The summed E-state index contributed by atoms with van der Waals surface area (Å²) < 4.78 is 16.7. The zero-order chi connectivity index (χ0) is 12.7. The lowest BCUT2D eigenvalue weighted by molar-refractivity contribution is 0.174. The molecule has 0 spiro atoms. The van der Waals surface area contributed by atoms with Crippen molar-refractivity contribution >= 4 is 11.0 Å². The van der Waals surface area contributed by atoms with Crippen LogP contribution in [0.3, 0.4) is 0 Å². The van der Waals surface area contributed by atoms with Crippen molar-refractivity contribution in [3.05, 3.63) is 23.5 Å². The third-order valence-corrected chi connectivity index (χ3v) is 3.21. The first kappa shape index (κ1) is 11.4. The molecule has 1 aromatic carbocycles. The maximum atomic E-state index is 5.93. The van der Waals surface area contributed by atoms with E-state index in [2.05, 4.69) is 19.2 Å². The second kappa shape index (κ2) is 4.21. The standard InChI is InChI=1S/C14H17NO3/c1-8(2)14-9-4-11-12(17-7-16-11)5-10(9)18-13(14)6-15-3/h4-5,8,15H,6-7H2,1-3H3. The average molecular weight is 247 g/mol. The maximum absolute atomic E-state index is 5.93. The minimum absolute atomic E-state index is 0.294. The lowest BCUT2D eigenvalue weighted by atomic mass is 9.99. The van der Waals surface area contributed by atoms with Gasteiger partial charge in [-0.15, -0.1) is 0 Å². The number of rotatable bonds is 3. The molecule has 4 heteroatoms. The van der Waals surface area contributed by atoms with Crippen LogP contribution in [-0.2, 0) is 6.54 Å². The highest BCUT2D eigenvalue weighted by Gasteiger charge is 2.21. The molecular formula is C14H17NO3. The summed E-state index contributed by atoms with van der Waals surface area (Å²) in [7, 11) is 1.92. The third kappa shape index (κ3) is 1.64. The van der Waals surface area contributed by atoms with Crippen LogP contribution in [0.5, 0.6) is 11.5 Å². The van der Waals surface area contributed by atoms with Crippen molar-refractivity contribution in [3.8, 4) is 11.5 Å².